The van der Waals surface area contributed by atoms with E-state index in [-0.39, 0.29) is 5.82 Å². The van der Waals surface area contributed by atoms with Crippen LogP contribution in [0.2, 0.25) is 10.0 Å². The van der Waals surface area contributed by atoms with E-state index < -0.39 is 0 Å². The highest BCUT2D eigenvalue weighted by Crippen LogP contribution is 2.40. The van der Waals surface area contributed by atoms with E-state index in [0.29, 0.717) is 22.0 Å². The minimum absolute atomic E-state index is 0.111. The fourth-order valence-corrected chi connectivity index (χ4v) is 3.09. The molecule has 1 saturated carbocycles. The SMILES string of the molecule is Fc1ccccc1C1CC(Nc2ccc(Cl)cc2Cl)C1. The third-order valence-corrected chi connectivity index (χ3v) is 4.32. The number of benzene rings is 2. The first-order valence-corrected chi connectivity index (χ1v) is 7.35. The van der Waals surface area contributed by atoms with Gasteiger partial charge < -0.3 is 5.32 Å². The summed E-state index contributed by atoms with van der Waals surface area (Å²) in [5, 5.41) is 4.62. The molecule has 20 heavy (non-hydrogen) atoms. The molecule has 0 unspecified atom stereocenters. The summed E-state index contributed by atoms with van der Waals surface area (Å²) in [7, 11) is 0. The normalized spacial score (nSPS) is 21.4. The van der Waals surface area contributed by atoms with Gasteiger partial charge in [-0.2, -0.15) is 0 Å². The molecule has 0 atom stereocenters. The number of halogens is 3. The Labute approximate surface area is 127 Å². The first-order valence-electron chi connectivity index (χ1n) is 6.59. The Balaban J connectivity index is 1.62. The van der Waals surface area contributed by atoms with Gasteiger partial charge in [0, 0.05) is 11.1 Å². The minimum atomic E-state index is -0.111. The zero-order valence-corrected chi connectivity index (χ0v) is 12.3. The molecule has 4 heteroatoms. The second-order valence-electron chi connectivity index (χ2n) is 5.16. The van der Waals surface area contributed by atoms with Gasteiger partial charge in [0.2, 0.25) is 0 Å². The number of rotatable bonds is 3. The van der Waals surface area contributed by atoms with E-state index >= 15 is 0 Å². The molecule has 0 aliphatic heterocycles. The van der Waals surface area contributed by atoms with Crippen molar-refractivity contribution in [2.45, 2.75) is 24.8 Å². The van der Waals surface area contributed by atoms with Crippen molar-refractivity contribution < 1.29 is 4.39 Å². The van der Waals surface area contributed by atoms with Gasteiger partial charge in [-0.15, -0.1) is 0 Å². The molecule has 0 spiro atoms. The summed E-state index contributed by atoms with van der Waals surface area (Å²) < 4.78 is 13.7. The van der Waals surface area contributed by atoms with Gasteiger partial charge in [-0.3, -0.25) is 0 Å². The maximum atomic E-state index is 13.7. The molecule has 2 aromatic carbocycles. The molecule has 1 aliphatic rings. The molecule has 104 valence electrons. The quantitative estimate of drug-likeness (QED) is 0.790. The Morgan fingerprint density at radius 3 is 2.50 bits per heavy atom. The predicted molar refractivity (Wildman–Crippen MR) is 82.2 cm³/mol. The van der Waals surface area contributed by atoms with Crippen molar-refractivity contribution in [3.63, 3.8) is 0 Å². The van der Waals surface area contributed by atoms with Gasteiger partial charge in [-0.25, -0.2) is 4.39 Å². The second kappa shape index (κ2) is 5.63. The average Bonchev–Trinajstić information content (AvgIpc) is 2.37. The molecule has 0 aromatic heterocycles. The zero-order chi connectivity index (χ0) is 14.1. The van der Waals surface area contributed by atoms with E-state index in [4.69, 9.17) is 23.2 Å². The largest absolute Gasteiger partial charge is 0.381 e. The third-order valence-electron chi connectivity index (χ3n) is 3.77. The van der Waals surface area contributed by atoms with Crippen molar-refractivity contribution in [3.8, 4) is 0 Å². The smallest absolute Gasteiger partial charge is 0.126 e. The van der Waals surface area contributed by atoms with Crippen LogP contribution >= 0.6 is 23.2 Å². The topological polar surface area (TPSA) is 12.0 Å². The molecule has 1 aliphatic carbocycles. The van der Waals surface area contributed by atoms with Crippen LogP contribution in [-0.2, 0) is 0 Å². The Bertz CT molecular complexity index is 624. The molecule has 0 radical (unpaired) electrons. The molecular formula is C16H14Cl2FN. The lowest BCUT2D eigenvalue weighted by atomic mass is 9.75. The Morgan fingerprint density at radius 2 is 1.80 bits per heavy atom. The van der Waals surface area contributed by atoms with Gasteiger partial charge in [-0.05, 0) is 48.6 Å². The Hall–Kier alpha value is -1.25. The summed E-state index contributed by atoms with van der Waals surface area (Å²) >= 11 is 12.0. The summed E-state index contributed by atoms with van der Waals surface area (Å²) in [4.78, 5) is 0. The lowest BCUT2D eigenvalue weighted by Crippen LogP contribution is -2.34. The van der Waals surface area contributed by atoms with E-state index in [0.717, 1.165) is 24.1 Å². The van der Waals surface area contributed by atoms with Gasteiger partial charge in [0.15, 0.2) is 0 Å². The monoisotopic (exact) mass is 309 g/mol. The molecule has 1 N–H and O–H groups in total. The molecule has 0 heterocycles. The van der Waals surface area contributed by atoms with Crippen LogP contribution in [0.15, 0.2) is 42.5 Å². The van der Waals surface area contributed by atoms with Crippen LogP contribution in [0.4, 0.5) is 10.1 Å². The van der Waals surface area contributed by atoms with Crippen molar-refractivity contribution in [1.82, 2.24) is 0 Å². The van der Waals surface area contributed by atoms with Crippen LogP contribution in [-0.4, -0.2) is 6.04 Å². The summed E-state index contributed by atoms with van der Waals surface area (Å²) in [5.74, 6) is 0.181. The number of nitrogens with one attached hydrogen (secondary N) is 1. The van der Waals surface area contributed by atoms with E-state index in [1.807, 2.05) is 24.3 Å². The summed E-state index contributed by atoms with van der Waals surface area (Å²) in [6.07, 6.45) is 1.83. The van der Waals surface area contributed by atoms with E-state index in [1.54, 1.807) is 12.1 Å². The summed E-state index contributed by atoms with van der Waals surface area (Å²) in [5.41, 5.74) is 1.70. The van der Waals surface area contributed by atoms with E-state index in [1.165, 1.54) is 6.07 Å². The predicted octanol–water partition coefficient (Wildman–Crippen LogP) is 5.49. The highest BCUT2D eigenvalue weighted by molar-refractivity contribution is 6.36. The number of hydrogen-bond acceptors (Lipinski definition) is 1. The minimum Gasteiger partial charge on any atom is -0.381 e. The van der Waals surface area contributed by atoms with Gasteiger partial charge in [0.25, 0.3) is 0 Å². The van der Waals surface area contributed by atoms with Gasteiger partial charge in [0.05, 0.1) is 10.7 Å². The number of anilines is 1. The van der Waals surface area contributed by atoms with Gasteiger partial charge in [0.1, 0.15) is 5.82 Å². The fourth-order valence-electron chi connectivity index (χ4n) is 2.62. The average molecular weight is 310 g/mol. The lowest BCUT2D eigenvalue weighted by molar-refractivity contribution is 0.363. The van der Waals surface area contributed by atoms with Crippen molar-refractivity contribution in [2.24, 2.45) is 0 Å². The van der Waals surface area contributed by atoms with Crippen LogP contribution in [0.5, 0.6) is 0 Å². The molecule has 1 fully saturated rings. The van der Waals surface area contributed by atoms with Crippen molar-refractivity contribution in [1.29, 1.82) is 0 Å². The Kier molecular flexibility index (Phi) is 3.86. The maximum Gasteiger partial charge on any atom is 0.126 e. The fraction of sp³-hybridized carbons (Fsp3) is 0.250. The van der Waals surface area contributed by atoms with Crippen LogP contribution in [0.25, 0.3) is 0 Å². The van der Waals surface area contributed by atoms with Gasteiger partial charge >= 0.3 is 0 Å². The summed E-state index contributed by atoms with van der Waals surface area (Å²) in [6.45, 7) is 0. The molecule has 3 rings (SSSR count). The molecule has 1 nitrogen and oxygen atoms in total. The molecule has 2 aromatic rings. The van der Waals surface area contributed by atoms with Gasteiger partial charge in [-0.1, -0.05) is 41.4 Å². The van der Waals surface area contributed by atoms with E-state index in [9.17, 15) is 4.39 Å². The van der Waals surface area contributed by atoms with Crippen LogP contribution in [0, 0.1) is 5.82 Å². The third kappa shape index (κ3) is 2.77. The molecular weight excluding hydrogens is 296 g/mol. The van der Waals surface area contributed by atoms with Crippen molar-refractivity contribution >= 4 is 28.9 Å². The summed E-state index contributed by atoms with van der Waals surface area (Å²) in [6, 6.07) is 12.7. The standard InChI is InChI=1S/C16H14Cl2FN/c17-11-5-6-16(14(18)9-11)20-12-7-10(8-12)13-3-1-2-4-15(13)19/h1-6,9-10,12,20H,7-8H2. The highest BCUT2D eigenvalue weighted by Gasteiger charge is 2.32. The molecule has 0 amide bonds. The second-order valence-corrected chi connectivity index (χ2v) is 6.00. The highest BCUT2D eigenvalue weighted by atomic mass is 35.5. The number of hydrogen-bond donors (Lipinski definition) is 1. The maximum absolute atomic E-state index is 13.7. The van der Waals surface area contributed by atoms with E-state index in [2.05, 4.69) is 5.32 Å². The van der Waals surface area contributed by atoms with Crippen LogP contribution in [0.1, 0.15) is 24.3 Å². The molecule has 0 bridgehead atoms. The van der Waals surface area contributed by atoms with Crippen LogP contribution < -0.4 is 5.32 Å². The Morgan fingerprint density at radius 1 is 1.05 bits per heavy atom. The lowest BCUT2D eigenvalue weighted by Gasteiger charge is -2.37. The first kappa shape index (κ1) is 13.7. The van der Waals surface area contributed by atoms with Crippen molar-refractivity contribution in [3.05, 3.63) is 63.9 Å². The van der Waals surface area contributed by atoms with Crippen molar-refractivity contribution in [2.75, 3.05) is 5.32 Å². The molecule has 0 saturated heterocycles. The zero-order valence-electron chi connectivity index (χ0n) is 10.7. The van der Waals surface area contributed by atoms with Crippen LogP contribution in [0.3, 0.4) is 0 Å². The first-order chi connectivity index (χ1) is 9.63.